The van der Waals surface area contributed by atoms with Crippen LogP contribution in [0.5, 0.6) is 5.75 Å². The van der Waals surface area contributed by atoms with Crippen LogP contribution in [0.15, 0.2) is 65.3 Å². The minimum atomic E-state index is -1.12. The standard InChI is InChI=1S/C23H22N4O5/c1-31-16-8-6-14(7-9-16)20-11-17(32-27-20)13-25-23(30)26-21(22(28)29)10-15-12-24-19-5-3-2-4-18(15)19/h2-9,11-12,21,24H,10,13H2,1H3,(H,28,29)(H2,25,26,30). The van der Waals surface area contributed by atoms with Crippen LogP contribution in [0, 0.1) is 0 Å². The van der Waals surface area contributed by atoms with Gasteiger partial charge in [-0.25, -0.2) is 9.59 Å². The van der Waals surface area contributed by atoms with Crippen molar-refractivity contribution < 1.29 is 24.0 Å². The van der Waals surface area contributed by atoms with Gasteiger partial charge >= 0.3 is 12.0 Å². The van der Waals surface area contributed by atoms with Gasteiger partial charge in [-0.1, -0.05) is 23.4 Å². The van der Waals surface area contributed by atoms with E-state index in [1.165, 1.54) is 0 Å². The number of para-hydroxylation sites is 1. The van der Waals surface area contributed by atoms with Gasteiger partial charge < -0.3 is 30.0 Å². The first-order valence-corrected chi connectivity index (χ1v) is 9.95. The van der Waals surface area contributed by atoms with Crippen LogP contribution < -0.4 is 15.4 Å². The second-order valence-corrected chi connectivity index (χ2v) is 7.19. The van der Waals surface area contributed by atoms with E-state index < -0.39 is 18.0 Å². The van der Waals surface area contributed by atoms with E-state index in [4.69, 9.17) is 9.26 Å². The predicted octanol–water partition coefficient (Wildman–Crippen LogP) is 3.33. The van der Waals surface area contributed by atoms with Crippen molar-refractivity contribution in [2.24, 2.45) is 0 Å². The molecule has 4 N–H and O–H groups in total. The van der Waals surface area contributed by atoms with Crippen LogP contribution in [0.25, 0.3) is 22.2 Å². The Bertz CT molecular complexity index is 1230. The molecule has 2 aromatic heterocycles. The second kappa shape index (κ2) is 9.25. The molecule has 0 aliphatic heterocycles. The Balaban J connectivity index is 1.35. The summed E-state index contributed by atoms with van der Waals surface area (Å²) in [5.41, 5.74) is 3.18. The van der Waals surface area contributed by atoms with Gasteiger partial charge in [0.15, 0.2) is 5.76 Å². The van der Waals surface area contributed by atoms with Crippen molar-refractivity contribution in [2.45, 2.75) is 19.0 Å². The molecule has 0 aliphatic rings. The van der Waals surface area contributed by atoms with E-state index in [1.54, 1.807) is 19.4 Å². The third kappa shape index (κ3) is 4.72. The molecule has 0 saturated heterocycles. The number of H-pyrrole nitrogens is 1. The van der Waals surface area contributed by atoms with E-state index in [-0.39, 0.29) is 13.0 Å². The van der Waals surface area contributed by atoms with Crippen molar-refractivity contribution >= 4 is 22.9 Å². The molecule has 0 fully saturated rings. The van der Waals surface area contributed by atoms with Crippen LogP contribution in [0.1, 0.15) is 11.3 Å². The summed E-state index contributed by atoms with van der Waals surface area (Å²) < 4.78 is 10.4. The zero-order valence-corrected chi connectivity index (χ0v) is 17.3. The van der Waals surface area contributed by atoms with Gasteiger partial charge in [0.1, 0.15) is 17.5 Å². The average Bonchev–Trinajstić information content (AvgIpc) is 3.45. The minimum absolute atomic E-state index is 0.0639. The number of methoxy groups -OCH3 is 1. The third-order valence-electron chi connectivity index (χ3n) is 5.07. The molecule has 2 heterocycles. The molecule has 4 rings (SSSR count). The van der Waals surface area contributed by atoms with Gasteiger partial charge in [-0.15, -0.1) is 0 Å². The first-order chi connectivity index (χ1) is 15.5. The highest BCUT2D eigenvalue weighted by Gasteiger charge is 2.22. The van der Waals surface area contributed by atoms with Crippen LogP contribution >= 0.6 is 0 Å². The topological polar surface area (TPSA) is 129 Å². The van der Waals surface area contributed by atoms with Crippen molar-refractivity contribution in [3.63, 3.8) is 0 Å². The lowest BCUT2D eigenvalue weighted by atomic mass is 10.1. The smallest absolute Gasteiger partial charge is 0.326 e. The van der Waals surface area contributed by atoms with Crippen molar-refractivity contribution in [1.29, 1.82) is 0 Å². The summed E-state index contributed by atoms with van der Waals surface area (Å²) in [5, 5.41) is 19.6. The summed E-state index contributed by atoms with van der Waals surface area (Å²) in [6.07, 6.45) is 1.91. The van der Waals surface area contributed by atoms with Crippen LogP contribution in [-0.2, 0) is 17.8 Å². The molecule has 0 spiro atoms. The summed E-state index contributed by atoms with van der Waals surface area (Å²) >= 11 is 0. The number of aliphatic carboxylic acids is 1. The van der Waals surface area contributed by atoms with E-state index in [9.17, 15) is 14.7 Å². The molecule has 9 heteroatoms. The SMILES string of the molecule is COc1ccc(-c2cc(CNC(=O)NC(Cc3c[nH]c4ccccc34)C(=O)O)on2)cc1. The van der Waals surface area contributed by atoms with Gasteiger partial charge in [0.05, 0.1) is 13.7 Å². The number of carboxylic acids is 1. The fraction of sp³-hybridized carbons (Fsp3) is 0.174. The van der Waals surface area contributed by atoms with Crippen LogP contribution in [0.2, 0.25) is 0 Å². The molecule has 9 nitrogen and oxygen atoms in total. The number of aromatic nitrogens is 2. The van der Waals surface area contributed by atoms with Crippen molar-refractivity contribution in [1.82, 2.24) is 20.8 Å². The number of ether oxygens (including phenoxy) is 1. The highest BCUT2D eigenvalue weighted by Crippen LogP contribution is 2.22. The number of amides is 2. The Labute approximate surface area is 183 Å². The Morgan fingerprint density at radius 2 is 1.97 bits per heavy atom. The van der Waals surface area contributed by atoms with E-state index in [2.05, 4.69) is 20.8 Å². The molecule has 1 unspecified atom stereocenters. The van der Waals surface area contributed by atoms with Gasteiger partial charge in [-0.2, -0.15) is 0 Å². The summed E-state index contributed by atoms with van der Waals surface area (Å²) in [7, 11) is 1.59. The third-order valence-corrected chi connectivity index (χ3v) is 5.07. The normalized spacial score (nSPS) is 11.8. The first-order valence-electron chi connectivity index (χ1n) is 9.95. The molecule has 0 bridgehead atoms. The number of benzene rings is 2. The molecular formula is C23H22N4O5. The number of hydrogen-bond acceptors (Lipinski definition) is 5. The number of rotatable bonds is 8. The molecule has 4 aromatic rings. The van der Waals surface area contributed by atoms with Crippen molar-refractivity contribution in [2.75, 3.05) is 7.11 Å². The zero-order chi connectivity index (χ0) is 22.5. The minimum Gasteiger partial charge on any atom is -0.497 e. The van der Waals surface area contributed by atoms with E-state index in [0.29, 0.717) is 11.5 Å². The van der Waals surface area contributed by atoms with Gasteiger partial charge in [0.25, 0.3) is 0 Å². The number of fused-ring (bicyclic) bond motifs is 1. The largest absolute Gasteiger partial charge is 0.497 e. The number of aromatic amines is 1. The quantitative estimate of drug-likeness (QED) is 0.337. The molecular weight excluding hydrogens is 412 g/mol. The highest BCUT2D eigenvalue weighted by molar-refractivity contribution is 5.86. The lowest BCUT2D eigenvalue weighted by molar-refractivity contribution is -0.139. The molecule has 164 valence electrons. The van der Waals surface area contributed by atoms with Crippen LogP contribution in [0.4, 0.5) is 4.79 Å². The van der Waals surface area contributed by atoms with Gasteiger partial charge in [-0.05, 0) is 35.9 Å². The Hall–Kier alpha value is -4.27. The number of nitrogens with one attached hydrogen (secondary N) is 3. The molecule has 1 atom stereocenters. The molecule has 0 radical (unpaired) electrons. The lowest BCUT2D eigenvalue weighted by Crippen LogP contribution is -2.46. The number of carbonyl (C=O) groups excluding carboxylic acids is 1. The Kier molecular flexibility index (Phi) is 6.07. The number of carbonyl (C=O) groups is 2. The maximum absolute atomic E-state index is 12.3. The van der Waals surface area contributed by atoms with Crippen molar-refractivity contribution in [3.05, 3.63) is 72.1 Å². The summed E-state index contributed by atoms with van der Waals surface area (Å²) in [5.74, 6) is 0.0535. The predicted molar refractivity (Wildman–Crippen MR) is 117 cm³/mol. The summed E-state index contributed by atoms with van der Waals surface area (Å²) in [4.78, 5) is 27.1. The molecule has 0 saturated carbocycles. The van der Waals surface area contributed by atoms with Gasteiger partial charge in [0, 0.05) is 35.2 Å². The number of urea groups is 1. The van der Waals surface area contributed by atoms with Gasteiger partial charge in [0.2, 0.25) is 0 Å². The molecule has 2 aromatic carbocycles. The Morgan fingerprint density at radius 1 is 1.19 bits per heavy atom. The fourth-order valence-corrected chi connectivity index (χ4v) is 3.39. The molecule has 2 amide bonds. The Morgan fingerprint density at radius 3 is 2.72 bits per heavy atom. The molecule has 32 heavy (non-hydrogen) atoms. The van der Waals surface area contributed by atoms with Crippen molar-refractivity contribution in [3.8, 4) is 17.0 Å². The number of carboxylic acid groups (broad SMARTS) is 1. The van der Waals surface area contributed by atoms with Crippen LogP contribution in [-0.4, -0.2) is 40.4 Å². The van der Waals surface area contributed by atoms with Gasteiger partial charge in [-0.3, -0.25) is 0 Å². The van der Waals surface area contributed by atoms with E-state index in [1.807, 2.05) is 48.5 Å². The zero-order valence-electron chi connectivity index (χ0n) is 17.3. The maximum Gasteiger partial charge on any atom is 0.326 e. The summed E-state index contributed by atoms with van der Waals surface area (Å²) in [6, 6.07) is 14.9. The second-order valence-electron chi connectivity index (χ2n) is 7.19. The van der Waals surface area contributed by atoms with E-state index >= 15 is 0 Å². The monoisotopic (exact) mass is 434 g/mol. The van der Waals surface area contributed by atoms with Crippen LogP contribution in [0.3, 0.4) is 0 Å². The highest BCUT2D eigenvalue weighted by atomic mass is 16.5. The average molecular weight is 434 g/mol. The first kappa shape index (κ1) is 21.0. The number of nitrogens with zero attached hydrogens (tertiary/aromatic N) is 1. The summed E-state index contributed by atoms with van der Waals surface area (Å²) in [6.45, 7) is 0.0639. The van der Waals surface area contributed by atoms with E-state index in [0.717, 1.165) is 27.8 Å². The maximum atomic E-state index is 12.3. The number of hydrogen-bond donors (Lipinski definition) is 4. The lowest BCUT2D eigenvalue weighted by Gasteiger charge is -2.14. The fourth-order valence-electron chi connectivity index (χ4n) is 3.39. The molecule has 0 aliphatic carbocycles.